The minimum absolute atomic E-state index is 0.142. The van der Waals surface area contributed by atoms with Gasteiger partial charge in [-0.15, -0.1) is 0 Å². The van der Waals surface area contributed by atoms with Crippen molar-refractivity contribution in [2.45, 2.75) is 0 Å². The molecule has 0 saturated heterocycles. The molecule has 1 radical (unpaired) electrons. The fraction of sp³-hybridized carbons (Fsp3) is 0. The van der Waals surface area contributed by atoms with Crippen LogP contribution in [0.1, 0.15) is 16.1 Å². The molecule has 3 heteroatoms. The number of carbonyl (C=O) groups is 1. The van der Waals surface area contributed by atoms with Crippen LogP contribution in [-0.2, 0) is 0 Å². The largest absolute Gasteiger partial charge is 0.357 e. The van der Waals surface area contributed by atoms with E-state index in [1.165, 1.54) is 0 Å². The van der Waals surface area contributed by atoms with Crippen LogP contribution in [0, 0.1) is 6.92 Å². The number of amides is 1. The molecule has 0 fully saturated rings. The van der Waals surface area contributed by atoms with Crippen LogP contribution in [0.25, 0.3) is 0 Å². The third-order valence-electron chi connectivity index (χ3n) is 2.05. The summed E-state index contributed by atoms with van der Waals surface area (Å²) in [6, 6.07) is 10.9. The number of hydrogen-bond acceptors (Lipinski definition) is 1. The third-order valence-corrected chi connectivity index (χ3v) is 2.05. The van der Waals surface area contributed by atoms with Crippen molar-refractivity contribution >= 4 is 11.6 Å². The van der Waals surface area contributed by atoms with Gasteiger partial charge < -0.3 is 10.3 Å². The summed E-state index contributed by atoms with van der Waals surface area (Å²) in [6.07, 6.45) is 1.72. The molecular weight excluding hydrogens is 188 g/mol. The van der Waals surface area contributed by atoms with Crippen LogP contribution in [0.2, 0.25) is 0 Å². The van der Waals surface area contributed by atoms with Gasteiger partial charge in [0.15, 0.2) is 0 Å². The molecule has 1 amide bonds. The fourth-order valence-corrected chi connectivity index (χ4v) is 1.26. The Balaban J connectivity index is 2.09. The van der Waals surface area contributed by atoms with Gasteiger partial charge in [0, 0.05) is 11.9 Å². The van der Waals surface area contributed by atoms with Gasteiger partial charge in [-0.2, -0.15) is 0 Å². The lowest BCUT2D eigenvalue weighted by Gasteiger charge is -2.03. The molecule has 1 aromatic heterocycles. The molecule has 15 heavy (non-hydrogen) atoms. The number of benzene rings is 1. The molecule has 2 aromatic rings. The maximum atomic E-state index is 11.6. The van der Waals surface area contributed by atoms with Crippen molar-refractivity contribution in [3.8, 4) is 0 Å². The van der Waals surface area contributed by atoms with E-state index in [1.807, 2.05) is 24.3 Å². The second kappa shape index (κ2) is 4.00. The standard InChI is InChI=1S/C12H11N2O/c1-9-4-6-10(7-5-9)14-12(15)11-3-2-8-13-11/h2-8,13H,1H2,(H,14,15). The zero-order valence-corrected chi connectivity index (χ0v) is 8.16. The third kappa shape index (κ3) is 2.26. The summed E-state index contributed by atoms with van der Waals surface area (Å²) in [7, 11) is 0. The van der Waals surface area contributed by atoms with Gasteiger partial charge in [0.2, 0.25) is 0 Å². The van der Waals surface area contributed by atoms with Crippen molar-refractivity contribution in [2.24, 2.45) is 0 Å². The first-order valence-electron chi connectivity index (χ1n) is 4.62. The molecule has 0 unspecified atom stereocenters. The fourth-order valence-electron chi connectivity index (χ4n) is 1.26. The van der Waals surface area contributed by atoms with Gasteiger partial charge in [-0.25, -0.2) is 0 Å². The van der Waals surface area contributed by atoms with Crippen molar-refractivity contribution in [3.05, 3.63) is 60.8 Å². The van der Waals surface area contributed by atoms with Gasteiger partial charge in [-0.3, -0.25) is 4.79 Å². The molecule has 1 aromatic carbocycles. The van der Waals surface area contributed by atoms with Crippen molar-refractivity contribution < 1.29 is 4.79 Å². The lowest BCUT2D eigenvalue weighted by Crippen LogP contribution is -2.11. The Morgan fingerprint density at radius 3 is 2.53 bits per heavy atom. The van der Waals surface area contributed by atoms with Crippen LogP contribution >= 0.6 is 0 Å². The zero-order valence-electron chi connectivity index (χ0n) is 8.16. The summed E-state index contributed by atoms with van der Waals surface area (Å²) in [4.78, 5) is 14.4. The molecule has 0 bridgehead atoms. The molecule has 0 saturated carbocycles. The number of H-pyrrole nitrogens is 1. The van der Waals surface area contributed by atoms with Gasteiger partial charge in [0.05, 0.1) is 0 Å². The molecule has 2 rings (SSSR count). The van der Waals surface area contributed by atoms with Crippen molar-refractivity contribution in [1.29, 1.82) is 0 Å². The van der Waals surface area contributed by atoms with Crippen LogP contribution in [0.15, 0.2) is 42.6 Å². The molecule has 1 heterocycles. The van der Waals surface area contributed by atoms with Crippen LogP contribution in [0.5, 0.6) is 0 Å². The van der Waals surface area contributed by atoms with E-state index in [-0.39, 0.29) is 5.91 Å². The average molecular weight is 199 g/mol. The van der Waals surface area contributed by atoms with Crippen LogP contribution in [0.3, 0.4) is 0 Å². The first-order chi connectivity index (χ1) is 7.25. The molecule has 0 aliphatic rings. The molecule has 75 valence electrons. The Kier molecular flexibility index (Phi) is 2.54. The SMILES string of the molecule is [CH2]c1ccc(NC(=O)c2ccc[nH]2)cc1. The highest BCUT2D eigenvalue weighted by molar-refractivity contribution is 6.02. The molecule has 0 atom stereocenters. The summed E-state index contributed by atoms with van der Waals surface area (Å²) in [5, 5.41) is 2.77. The van der Waals surface area contributed by atoms with Gasteiger partial charge in [-0.05, 0) is 36.8 Å². The Bertz CT molecular complexity index is 443. The zero-order chi connectivity index (χ0) is 10.7. The number of anilines is 1. The predicted octanol–water partition coefficient (Wildman–Crippen LogP) is 2.45. The smallest absolute Gasteiger partial charge is 0.272 e. The Morgan fingerprint density at radius 1 is 1.20 bits per heavy atom. The summed E-state index contributed by atoms with van der Waals surface area (Å²) < 4.78 is 0. The minimum atomic E-state index is -0.142. The van der Waals surface area contributed by atoms with Gasteiger partial charge in [0.25, 0.3) is 5.91 Å². The summed E-state index contributed by atoms with van der Waals surface area (Å²) in [6.45, 7) is 3.77. The minimum Gasteiger partial charge on any atom is -0.357 e. The summed E-state index contributed by atoms with van der Waals surface area (Å²) in [5.74, 6) is -0.142. The lowest BCUT2D eigenvalue weighted by molar-refractivity contribution is 0.102. The molecule has 3 nitrogen and oxygen atoms in total. The summed E-state index contributed by atoms with van der Waals surface area (Å²) in [5.41, 5.74) is 2.24. The molecular formula is C12H11N2O. The highest BCUT2D eigenvalue weighted by Crippen LogP contribution is 2.09. The number of carbonyl (C=O) groups excluding carboxylic acids is 1. The lowest BCUT2D eigenvalue weighted by atomic mass is 10.2. The van der Waals surface area contributed by atoms with E-state index in [1.54, 1.807) is 18.3 Å². The normalized spacial score (nSPS) is 9.93. The first kappa shape index (κ1) is 9.52. The van der Waals surface area contributed by atoms with Crippen molar-refractivity contribution in [3.63, 3.8) is 0 Å². The van der Waals surface area contributed by atoms with E-state index < -0.39 is 0 Å². The Morgan fingerprint density at radius 2 is 1.93 bits per heavy atom. The second-order valence-corrected chi connectivity index (χ2v) is 3.23. The monoisotopic (exact) mass is 199 g/mol. The number of rotatable bonds is 2. The second-order valence-electron chi connectivity index (χ2n) is 3.23. The van der Waals surface area contributed by atoms with Crippen LogP contribution in [-0.4, -0.2) is 10.9 Å². The highest BCUT2D eigenvalue weighted by Gasteiger charge is 2.05. The van der Waals surface area contributed by atoms with Crippen molar-refractivity contribution in [1.82, 2.24) is 4.98 Å². The quantitative estimate of drug-likeness (QED) is 0.766. The van der Waals surface area contributed by atoms with E-state index in [0.717, 1.165) is 11.3 Å². The maximum Gasteiger partial charge on any atom is 0.272 e. The van der Waals surface area contributed by atoms with E-state index in [2.05, 4.69) is 17.2 Å². The number of aromatic nitrogens is 1. The maximum absolute atomic E-state index is 11.6. The van der Waals surface area contributed by atoms with Crippen molar-refractivity contribution in [2.75, 3.05) is 5.32 Å². The van der Waals surface area contributed by atoms with Gasteiger partial charge in [0.1, 0.15) is 5.69 Å². The molecule has 0 spiro atoms. The Labute approximate surface area is 88.1 Å². The van der Waals surface area contributed by atoms with Crippen LogP contribution < -0.4 is 5.32 Å². The van der Waals surface area contributed by atoms with Gasteiger partial charge in [-0.1, -0.05) is 12.1 Å². The van der Waals surface area contributed by atoms with E-state index in [4.69, 9.17) is 0 Å². The molecule has 0 aliphatic heterocycles. The number of hydrogen-bond donors (Lipinski definition) is 2. The van der Waals surface area contributed by atoms with Gasteiger partial charge >= 0.3 is 0 Å². The van der Waals surface area contributed by atoms with Crippen LogP contribution in [0.4, 0.5) is 5.69 Å². The predicted molar refractivity (Wildman–Crippen MR) is 59.6 cm³/mol. The first-order valence-corrected chi connectivity index (χ1v) is 4.62. The number of aromatic amines is 1. The molecule has 0 aliphatic carbocycles. The highest BCUT2D eigenvalue weighted by atomic mass is 16.1. The Hall–Kier alpha value is -2.03. The average Bonchev–Trinajstić information content (AvgIpc) is 2.74. The van der Waals surface area contributed by atoms with E-state index >= 15 is 0 Å². The molecule has 2 N–H and O–H groups in total. The van der Waals surface area contributed by atoms with E-state index in [0.29, 0.717) is 5.69 Å². The van der Waals surface area contributed by atoms with E-state index in [9.17, 15) is 4.79 Å². The number of nitrogens with one attached hydrogen (secondary N) is 2. The summed E-state index contributed by atoms with van der Waals surface area (Å²) >= 11 is 0. The topological polar surface area (TPSA) is 44.9 Å².